The van der Waals surface area contributed by atoms with Gasteiger partial charge in [-0.3, -0.25) is 0 Å². The Balaban J connectivity index is 0.00000162. The van der Waals surface area contributed by atoms with Gasteiger partial charge in [-0.15, -0.1) is 12.4 Å². The third kappa shape index (κ3) is 3.57. The minimum atomic E-state index is 0. The Labute approximate surface area is 113 Å². The summed E-state index contributed by atoms with van der Waals surface area (Å²) in [5, 5.41) is 0. The third-order valence-electron chi connectivity index (χ3n) is 2.47. The number of para-hydroxylation sites is 2. The fourth-order valence-electron chi connectivity index (χ4n) is 1.49. The van der Waals surface area contributed by atoms with E-state index >= 15 is 0 Å². The van der Waals surface area contributed by atoms with Gasteiger partial charge in [0.1, 0.15) is 18.1 Å². The van der Waals surface area contributed by atoms with E-state index in [4.69, 9.17) is 15.2 Å². The van der Waals surface area contributed by atoms with Crippen LogP contribution in [0.25, 0.3) is 0 Å². The number of benzene rings is 2. The summed E-state index contributed by atoms with van der Waals surface area (Å²) < 4.78 is 10.7. The summed E-state index contributed by atoms with van der Waals surface area (Å²) in [6.07, 6.45) is 0. The molecular weight excluding hydrogens is 250 g/mol. The lowest BCUT2D eigenvalue weighted by Gasteiger charge is -2.08. The minimum Gasteiger partial charge on any atom is -0.497 e. The van der Waals surface area contributed by atoms with E-state index in [1.807, 2.05) is 48.5 Å². The number of halogens is 1. The predicted molar refractivity (Wildman–Crippen MR) is 75.4 cm³/mol. The number of ether oxygens (including phenoxy) is 2. The molecule has 4 heteroatoms. The number of hydrogen-bond acceptors (Lipinski definition) is 3. The Morgan fingerprint density at radius 2 is 1.67 bits per heavy atom. The standard InChI is InChI=1S/C14H15NO2.ClH/c1-16-12-8-6-11(7-9-12)10-17-14-5-3-2-4-13(14)15;/h2-9H,10,15H2,1H3;1H. The van der Waals surface area contributed by atoms with Crippen molar-refractivity contribution in [3.05, 3.63) is 54.1 Å². The van der Waals surface area contributed by atoms with Crippen LogP contribution in [0.5, 0.6) is 11.5 Å². The van der Waals surface area contributed by atoms with Gasteiger partial charge in [-0.25, -0.2) is 0 Å². The molecule has 0 saturated carbocycles. The van der Waals surface area contributed by atoms with Gasteiger partial charge in [-0.05, 0) is 29.8 Å². The normalized spacial score (nSPS) is 9.39. The maximum absolute atomic E-state index is 5.79. The highest BCUT2D eigenvalue weighted by molar-refractivity contribution is 5.85. The van der Waals surface area contributed by atoms with Crippen molar-refractivity contribution in [2.24, 2.45) is 0 Å². The molecule has 96 valence electrons. The maximum Gasteiger partial charge on any atom is 0.142 e. The van der Waals surface area contributed by atoms with Crippen LogP contribution in [0.15, 0.2) is 48.5 Å². The highest BCUT2D eigenvalue weighted by Gasteiger charge is 1.99. The molecule has 0 aliphatic heterocycles. The maximum atomic E-state index is 5.79. The highest BCUT2D eigenvalue weighted by atomic mass is 35.5. The van der Waals surface area contributed by atoms with E-state index < -0.39 is 0 Å². The van der Waals surface area contributed by atoms with E-state index in [2.05, 4.69) is 0 Å². The molecule has 0 unspecified atom stereocenters. The van der Waals surface area contributed by atoms with Crippen molar-refractivity contribution >= 4 is 18.1 Å². The van der Waals surface area contributed by atoms with E-state index in [0.717, 1.165) is 11.3 Å². The van der Waals surface area contributed by atoms with Crippen LogP contribution in [-0.4, -0.2) is 7.11 Å². The Morgan fingerprint density at radius 3 is 2.28 bits per heavy atom. The Hall–Kier alpha value is -1.87. The summed E-state index contributed by atoms with van der Waals surface area (Å²) >= 11 is 0. The SMILES string of the molecule is COc1ccc(COc2ccccc2N)cc1.Cl. The van der Waals surface area contributed by atoms with Crippen molar-refractivity contribution in [1.82, 2.24) is 0 Å². The Kier molecular flexibility index (Phi) is 5.33. The van der Waals surface area contributed by atoms with E-state index in [1.54, 1.807) is 7.11 Å². The van der Waals surface area contributed by atoms with Crippen LogP contribution in [0.4, 0.5) is 5.69 Å². The quantitative estimate of drug-likeness (QED) is 0.863. The van der Waals surface area contributed by atoms with Gasteiger partial charge in [0.25, 0.3) is 0 Å². The van der Waals surface area contributed by atoms with Crippen molar-refractivity contribution < 1.29 is 9.47 Å². The summed E-state index contributed by atoms with van der Waals surface area (Å²) in [4.78, 5) is 0. The summed E-state index contributed by atoms with van der Waals surface area (Å²) in [7, 11) is 1.65. The number of rotatable bonds is 4. The second-order valence-electron chi connectivity index (χ2n) is 3.67. The highest BCUT2D eigenvalue weighted by Crippen LogP contribution is 2.21. The van der Waals surface area contributed by atoms with Gasteiger partial charge in [-0.1, -0.05) is 24.3 Å². The number of nitrogens with two attached hydrogens (primary N) is 1. The molecule has 2 aromatic carbocycles. The van der Waals surface area contributed by atoms with E-state index in [0.29, 0.717) is 18.0 Å². The van der Waals surface area contributed by atoms with Gasteiger partial charge < -0.3 is 15.2 Å². The van der Waals surface area contributed by atoms with Crippen LogP contribution in [0.3, 0.4) is 0 Å². The molecule has 18 heavy (non-hydrogen) atoms. The zero-order chi connectivity index (χ0) is 12.1. The molecular formula is C14H16ClNO2. The number of nitrogen functional groups attached to an aromatic ring is 1. The van der Waals surface area contributed by atoms with Gasteiger partial charge in [-0.2, -0.15) is 0 Å². The first kappa shape index (κ1) is 14.2. The molecule has 3 nitrogen and oxygen atoms in total. The van der Waals surface area contributed by atoms with E-state index in [9.17, 15) is 0 Å². The summed E-state index contributed by atoms with van der Waals surface area (Å²) in [6.45, 7) is 0.498. The minimum absolute atomic E-state index is 0. The molecule has 2 rings (SSSR count). The fraction of sp³-hybridized carbons (Fsp3) is 0.143. The van der Waals surface area contributed by atoms with Gasteiger partial charge >= 0.3 is 0 Å². The number of anilines is 1. The second kappa shape index (κ2) is 6.77. The van der Waals surface area contributed by atoms with Crippen LogP contribution in [0, 0.1) is 0 Å². The van der Waals surface area contributed by atoms with Crippen LogP contribution in [-0.2, 0) is 6.61 Å². The monoisotopic (exact) mass is 265 g/mol. The fourth-order valence-corrected chi connectivity index (χ4v) is 1.49. The molecule has 0 aliphatic rings. The van der Waals surface area contributed by atoms with Gasteiger partial charge in [0, 0.05) is 0 Å². The van der Waals surface area contributed by atoms with Crippen LogP contribution >= 0.6 is 12.4 Å². The lowest BCUT2D eigenvalue weighted by Crippen LogP contribution is -1.98. The molecule has 0 heterocycles. The second-order valence-corrected chi connectivity index (χ2v) is 3.67. The van der Waals surface area contributed by atoms with Crippen molar-refractivity contribution in [2.75, 3.05) is 12.8 Å². The molecule has 0 bridgehead atoms. The molecule has 0 amide bonds. The summed E-state index contributed by atoms with van der Waals surface area (Å²) in [5.74, 6) is 1.55. The first-order valence-corrected chi connectivity index (χ1v) is 5.40. The molecule has 2 N–H and O–H groups in total. The number of hydrogen-bond donors (Lipinski definition) is 1. The van der Waals surface area contributed by atoms with Crippen LogP contribution in [0.2, 0.25) is 0 Å². The average Bonchev–Trinajstić information content (AvgIpc) is 2.38. The average molecular weight is 266 g/mol. The molecule has 0 aromatic heterocycles. The Morgan fingerprint density at radius 1 is 1.00 bits per heavy atom. The van der Waals surface area contributed by atoms with Crippen molar-refractivity contribution in [1.29, 1.82) is 0 Å². The largest absolute Gasteiger partial charge is 0.497 e. The zero-order valence-electron chi connectivity index (χ0n) is 10.1. The van der Waals surface area contributed by atoms with Crippen molar-refractivity contribution in [2.45, 2.75) is 6.61 Å². The van der Waals surface area contributed by atoms with E-state index in [-0.39, 0.29) is 12.4 Å². The summed E-state index contributed by atoms with van der Waals surface area (Å²) in [5.41, 5.74) is 7.52. The molecule has 0 fully saturated rings. The van der Waals surface area contributed by atoms with Gasteiger partial charge in [0.2, 0.25) is 0 Å². The lowest BCUT2D eigenvalue weighted by molar-refractivity contribution is 0.307. The number of methoxy groups -OCH3 is 1. The smallest absolute Gasteiger partial charge is 0.142 e. The molecule has 0 saturated heterocycles. The molecule has 0 radical (unpaired) electrons. The third-order valence-corrected chi connectivity index (χ3v) is 2.47. The van der Waals surface area contributed by atoms with Crippen LogP contribution in [0.1, 0.15) is 5.56 Å². The molecule has 0 atom stereocenters. The van der Waals surface area contributed by atoms with Crippen molar-refractivity contribution in [3.63, 3.8) is 0 Å². The van der Waals surface area contributed by atoms with Gasteiger partial charge in [0.15, 0.2) is 0 Å². The molecule has 2 aromatic rings. The zero-order valence-corrected chi connectivity index (χ0v) is 10.9. The molecule has 0 spiro atoms. The predicted octanol–water partition coefficient (Wildman–Crippen LogP) is 3.28. The summed E-state index contributed by atoms with van der Waals surface area (Å²) in [6, 6.07) is 15.2. The Bertz CT molecular complexity index is 485. The lowest BCUT2D eigenvalue weighted by atomic mass is 10.2. The van der Waals surface area contributed by atoms with Gasteiger partial charge in [0.05, 0.1) is 12.8 Å². The topological polar surface area (TPSA) is 44.5 Å². The molecule has 0 aliphatic carbocycles. The van der Waals surface area contributed by atoms with E-state index in [1.165, 1.54) is 0 Å². The first-order chi connectivity index (χ1) is 8.29. The van der Waals surface area contributed by atoms with Crippen molar-refractivity contribution in [3.8, 4) is 11.5 Å². The van der Waals surface area contributed by atoms with Crippen LogP contribution < -0.4 is 15.2 Å². The first-order valence-electron chi connectivity index (χ1n) is 5.40.